The van der Waals surface area contributed by atoms with E-state index in [9.17, 15) is 4.79 Å². The van der Waals surface area contributed by atoms with Gasteiger partial charge in [0.1, 0.15) is 18.2 Å². The van der Waals surface area contributed by atoms with Crippen molar-refractivity contribution >= 4 is 11.8 Å². The van der Waals surface area contributed by atoms with Gasteiger partial charge in [-0.25, -0.2) is 14.8 Å². The third kappa shape index (κ3) is 3.53. The van der Waals surface area contributed by atoms with Gasteiger partial charge < -0.3 is 10.4 Å². The zero-order valence-corrected chi connectivity index (χ0v) is 8.90. The summed E-state index contributed by atoms with van der Waals surface area (Å²) >= 11 is 0. The minimum atomic E-state index is -0.854. The van der Waals surface area contributed by atoms with Crippen molar-refractivity contribution in [2.45, 2.75) is 32.7 Å². The van der Waals surface area contributed by atoms with E-state index >= 15 is 0 Å². The van der Waals surface area contributed by atoms with Gasteiger partial charge in [-0.2, -0.15) is 0 Å². The predicted octanol–water partition coefficient (Wildman–Crippen LogP) is 1.45. The Kier molecular flexibility index (Phi) is 4.03. The first-order valence-corrected chi connectivity index (χ1v) is 4.91. The number of carboxylic acid groups (broad SMARTS) is 1. The van der Waals surface area contributed by atoms with Gasteiger partial charge in [0, 0.05) is 11.8 Å². The van der Waals surface area contributed by atoms with Gasteiger partial charge in [0.2, 0.25) is 0 Å². The Morgan fingerprint density at radius 3 is 2.87 bits per heavy atom. The zero-order valence-electron chi connectivity index (χ0n) is 8.90. The summed E-state index contributed by atoms with van der Waals surface area (Å²) in [4.78, 5) is 18.8. The van der Waals surface area contributed by atoms with E-state index in [4.69, 9.17) is 5.11 Å². The molecule has 1 heterocycles. The monoisotopic (exact) mass is 209 g/mol. The van der Waals surface area contributed by atoms with Gasteiger partial charge in [-0.3, -0.25) is 0 Å². The van der Waals surface area contributed by atoms with Crippen molar-refractivity contribution in [2.75, 3.05) is 5.32 Å². The van der Waals surface area contributed by atoms with E-state index in [1.54, 1.807) is 6.07 Å². The quantitative estimate of drug-likeness (QED) is 0.767. The molecular weight excluding hydrogens is 194 g/mol. The molecule has 5 nitrogen and oxygen atoms in total. The zero-order chi connectivity index (χ0) is 11.3. The molecule has 1 aromatic rings. The Bertz CT molecular complexity index is 341. The molecule has 0 aromatic carbocycles. The molecule has 1 unspecified atom stereocenters. The molecule has 0 bridgehead atoms. The SMILES string of the molecule is CCCC(Nc1cc(C)ncn1)C(=O)O. The van der Waals surface area contributed by atoms with Crippen molar-refractivity contribution in [3.05, 3.63) is 18.1 Å². The summed E-state index contributed by atoms with van der Waals surface area (Å²) in [7, 11) is 0. The van der Waals surface area contributed by atoms with Crippen molar-refractivity contribution < 1.29 is 9.90 Å². The number of rotatable bonds is 5. The molecule has 1 rings (SSSR count). The second-order valence-corrected chi connectivity index (χ2v) is 3.37. The molecule has 1 atom stereocenters. The lowest BCUT2D eigenvalue weighted by atomic mass is 10.1. The van der Waals surface area contributed by atoms with Crippen molar-refractivity contribution in [1.29, 1.82) is 0 Å². The fourth-order valence-corrected chi connectivity index (χ4v) is 1.26. The fraction of sp³-hybridized carbons (Fsp3) is 0.500. The van der Waals surface area contributed by atoms with E-state index in [-0.39, 0.29) is 0 Å². The topological polar surface area (TPSA) is 75.1 Å². The van der Waals surface area contributed by atoms with Gasteiger partial charge in [0.25, 0.3) is 0 Å². The number of anilines is 1. The Labute approximate surface area is 88.6 Å². The van der Waals surface area contributed by atoms with E-state index in [1.165, 1.54) is 6.33 Å². The first kappa shape index (κ1) is 11.4. The van der Waals surface area contributed by atoms with Gasteiger partial charge in [0.05, 0.1) is 0 Å². The molecule has 0 radical (unpaired) electrons. The number of aromatic nitrogens is 2. The minimum absolute atomic E-state index is 0.559. The number of carboxylic acids is 1. The van der Waals surface area contributed by atoms with Gasteiger partial charge in [-0.1, -0.05) is 13.3 Å². The lowest BCUT2D eigenvalue weighted by Crippen LogP contribution is -2.29. The van der Waals surface area contributed by atoms with Crippen LogP contribution in [0.5, 0.6) is 0 Å². The van der Waals surface area contributed by atoms with Gasteiger partial charge in [-0.05, 0) is 13.3 Å². The van der Waals surface area contributed by atoms with Gasteiger partial charge >= 0.3 is 5.97 Å². The largest absolute Gasteiger partial charge is 0.480 e. The third-order valence-electron chi connectivity index (χ3n) is 2.00. The van der Waals surface area contributed by atoms with Crippen molar-refractivity contribution in [1.82, 2.24) is 9.97 Å². The number of nitrogens with one attached hydrogen (secondary N) is 1. The Balaban J connectivity index is 2.69. The molecule has 15 heavy (non-hydrogen) atoms. The number of nitrogens with zero attached hydrogens (tertiary/aromatic N) is 2. The summed E-state index contributed by atoms with van der Waals surface area (Å²) in [6.45, 7) is 3.78. The highest BCUT2D eigenvalue weighted by Gasteiger charge is 2.16. The molecule has 0 aliphatic carbocycles. The summed E-state index contributed by atoms with van der Waals surface area (Å²) < 4.78 is 0. The number of aryl methyl sites for hydroxylation is 1. The van der Waals surface area contributed by atoms with E-state index in [0.29, 0.717) is 12.2 Å². The Hall–Kier alpha value is -1.65. The highest BCUT2D eigenvalue weighted by atomic mass is 16.4. The van der Waals surface area contributed by atoms with Gasteiger partial charge in [0.15, 0.2) is 0 Å². The number of aliphatic carboxylic acids is 1. The van der Waals surface area contributed by atoms with Crippen molar-refractivity contribution in [2.24, 2.45) is 0 Å². The molecule has 5 heteroatoms. The van der Waals surface area contributed by atoms with Crippen LogP contribution in [0.3, 0.4) is 0 Å². The Morgan fingerprint density at radius 2 is 2.33 bits per heavy atom. The summed E-state index contributed by atoms with van der Waals surface area (Å²) in [5, 5.41) is 11.8. The van der Waals surface area contributed by atoms with Crippen LogP contribution in [0.25, 0.3) is 0 Å². The average molecular weight is 209 g/mol. The molecule has 0 aliphatic heterocycles. The highest BCUT2D eigenvalue weighted by Crippen LogP contribution is 2.08. The van der Waals surface area contributed by atoms with Crippen LogP contribution in [0.2, 0.25) is 0 Å². The maximum atomic E-state index is 10.9. The van der Waals surface area contributed by atoms with Crippen LogP contribution in [-0.2, 0) is 4.79 Å². The normalized spacial score (nSPS) is 12.1. The summed E-state index contributed by atoms with van der Waals surface area (Å²) in [5.74, 6) is -0.295. The maximum absolute atomic E-state index is 10.9. The smallest absolute Gasteiger partial charge is 0.326 e. The van der Waals surface area contributed by atoms with Crippen LogP contribution >= 0.6 is 0 Å². The van der Waals surface area contributed by atoms with Crippen LogP contribution < -0.4 is 5.32 Å². The van der Waals surface area contributed by atoms with Crippen LogP contribution in [0, 0.1) is 6.92 Å². The molecule has 1 aromatic heterocycles. The number of hydrogen-bond donors (Lipinski definition) is 2. The molecule has 0 amide bonds. The molecule has 0 saturated heterocycles. The van der Waals surface area contributed by atoms with Crippen LogP contribution in [0.15, 0.2) is 12.4 Å². The molecule has 0 fully saturated rings. The molecule has 0 aliphatic rings. The molecular formula is C10H15N3O2. The molecule has 2 N–H and O–H groups in total. The first-order chi connectivity index (χ1) is 7.13. The lowest BCUT2D eigenvalue weighted by Gasteiger charge is -2.13. The first-order valence-electron chi connectivity index (χ1n) is 4.91. The molecule has 0 saturated carbocycles. The predicted molar refractivity (Wildman–Crippen MR) is 56.7 cm³/mol. The van der Waals surface area contributed by atoms with E-state index in [0.717, 1.165) is 12.1 Å². The summed E-state index contributed by atoms with van der Waals surface area (Å²) in [6.07, 6.45) is 2.81. The third-order valence-corrected chi connectivity index (χ3v) is 2.00. The highest BCUT2D eigenvalue weighted by molar-refractivity contribution is 5.76. The molecule has 0 spiro atoms. The second-order valence-electron chi connectivity index (χ2n) is 3.37. The minimum Gasteiger partial charge on any atom is -0.480 e. The van der Waals surface area contributed by atoms with E-state index in [2.05, 4.69) is 15.3 Å². The van der Waals surface area contributed by atoms with E-state index in [1.807, 2.05) is 13.8 Å². The number of carbonyl (C=O) groups is 1. The summed E-state index contributed by atoms with van der Waals surface area (Å²) in [6, 6.07) is 1.15. The van der Waals surface area contributed by atoms with Crippen LogP contribution in [0.4, 0.5) is 5.82 Å². The van der Waals surface area contributed by atoms with Crippen molar-refractivity contribution in [3.8, 4) is 0 Å². The number of hydrogen-bond acceptors (Lipinski definition) is 4. The maximum Gasteiger partial charge on any atom is 0.326 e. The fourth-order valence-electron chi connectivity index (χ4n) is 1.26. The second kappa shape index (κ2) is 5.29. The van der Waals surface area contributed by atoms with E-state index < -0.39 is 12.0 Å². The Morgan fingerprint density at radius 1 is 1.60 bits per heavy atom. The van der Waals surface area contributed by atoms with Crippen LogP contribution in [0.1, 0.15) is 25.5 Å². The van der Waals surface area contributed by atoms with Crippen LogP contribution in [-0.4, -0.2) is 27.1 Å². The standard InChI is InChI=1S/C10H15N3O2/c1-3-4-8(10(14)15)13-9-5-7(2)11-6-12-9/h5-6,8H,3-4H2,1-2H3,(H,14,15)(H,11,12,13). The van der Waals surface area contributed by atoms with Crippen molar-refractivity contribution in [3.63, 3.8) is 0 Å². The lowest BCUT2D eigenvalue weighted by molar-refractivity contribution is -0.138. The summed E-state index contributed by atoms with van der Waals surface area (Å²) in [5.41, 5.74) is 0.813. The average Bonchev–Trinajstić information content (AvgIpc) is 2.17. The molecule has 82 valence electrons. The van der Waals surface area contributed by atoms with Gasteiger partial charge in [-0.15, -0.1) is 0 Å².